The molecule has 0 unspecified atom stereocenters. The molecule has 66 valence electrons. The van der Waals surface area contributed by atoms with Gasteiger partial charge in [-0.2, -0.15) is 0 Å². The first-order chi connectivity index (χ1) is 4.84. The van der Waals surface area contributed by atoms with Crippen LogP contribution in [0, 0.1) is 0 Å². The van der Waals surface area contributed by atoms with E-state index >= 15 is 0 Å². The Morgan fingerprint density at radius 1 is 1.45 bits per heavy atom. The summed E-state index contributed by atoms with van der Waals surface area (Å²) in [6, 6.07) is 0. The Morgan fingerprint density at radius 2 is 1.91 bits per heavy atom. The van der Waals surface area contributed by atoms with E-state index in [9.17, 15) is 4.79 Å². The van der Waals surface area contributed by atoms with Crippen LogP contribution in [-0.4, -0.2) is 29.9 Å². The third kappa shape index (κ3) is 4.79. The maximum Gasteiger partial charge on any atom is 0.218 e. The van der Waals surface area contributed by atoms with Gasteiger partial charge in [0.2, 0.25) is 5.91 Å². The van der Waals surface area contributed by atoms with Crippen molar-refractivity contribution in [1.82, 2.24) is 4.90 Å². The van der Waals surface area contributed by atoms with Crippen LogP contribution in [0.2, 0.25) is 0 Å². The molecule has 0 heterocycles. The summed E-state index contributed by atoms with van der Waals surface area (Å²) in [5, 5.41) is 0. The minimum atomic E-state index is -0.235. The van der Waals surface area contributed by atoms with Crippen LogP contribution >= 0.6 is 0 Å². The molecule has 0 saturated carbocycles. The van der Waals surface area contributed by atoms with Gasteiger partial charge in [-0.15, -0.1) is 0 Å². The Labute approximate surface area is 68.6 Å². The molecule has 0 aromatic rings. The zero-order valence-electron chi connectivity index (χ0n) is 7.85. The Balaban J connectivity index is 3.70. The monoisotopic (exact) mass is 158 g/mol. The van der Waals surface area contributed by atoms with Crippen LogP contribution in [0.25, 0.3) is 0 Å². The van der Waals surface area contributed by atoms with Gasteiger partial charge in [0.1, 0.15) is 0 Å². The number of hydrogen-bond acceptors (Lipinski definition) is 2. The second kappa shape index (κ2) is 3.72. The topological polar surface area (TPSA) is 46.3 Å². The van der Waals surface area contributed by atoms with E-state index in [1.54, 1.807) is 0 Å². The molecule has 0 aromatic carbocycles. The highest BCUT2D eigenvalue weighted by molar-refractivity contribution is 5.73. The normalized spacial score (nSPS) is 12.1. The summed E-state index contributed by atoms with van der Waals surface area (Å²) in [5.41, 5.74) is 5.14. The van der Waals surface area contributed by atoms with Crippen molar-refractivity contribution in [2.45, 2.75) is 32.7 Å². The number of rotatable bonds is 3. The van der Waals surface area contributed by atoms with Gasteiger partial charge in [-0.05, 0) is 27.8 Å². The number of nitrogens with zero attached hydrogens (tertiary/aromatic N) is 1. The summed E-state index contributed by atoms with van der Waals surface area (Å²) >= 11 is 0. The largest absolute Gasteiger partial charge is 0.370 e. The molecule has 0 atom stereocenters. The van der Waals surface area contributed by atoms with E-state index in [-0.39, 0.29) is 11.4 Å². The average Bonchev–Trinajstić information content (AvgIpc) is 1.80. The number of nitrogens with two attached hydrogens (primary N) is 1. The third-order valence-electron chi connectivity index (χ3n) is 1.84. The van der Waals surface area contributed by atoms with Crippen molar-refractivity contribution >= 4 is 5.91 Å². The van der Waals surface area contributed by atoms with Gasteiger partial charge >= 0.3 is 0 Å². The SMILES string of the molecule is CN(CCC(N)=O)C(C)(C)C. The Bertz CT molecular complexity index is 138. The van der Waals surface area contributed by atoms with Crippen molar-refractivity contribution in [2.75, 3.05) is 13.6 Å². The Morgan fingerprint density at radius 3 is 2.18 bits per heavy atom. The minimum absolute atomic E-state index is 0.120. The molecular formula is C8H18N2O. The summed E-state index contributed by atoms with van der Waals surface area (Å²) in [7, 11) is 1.99. The lowest BCUT2D eigenvalue weighted by Crippen LogP contribution is -2.39. The number of carbonyl (C=O) groups excluding carboxylic acids is 1. The quantitative estimate of drug-likeness (QED) is 0.653. The van der Waals surface area contributed by atoms with Gasteiger partial charge in [0.05, 0.1) is 0 Å². The third-order valence-corrected chi connectivity index (χ3v) is 1.84. The van der Waals surface area contributed by atoms with Gasteiger partial charge in [-0.1, -0.05) is 0 Å². The summed E-state index contributed by atoms with van der Waals surface area (Å²) in [4.78, 5) is 12.5. The van der Waals surface area contributed by atoms with E-state index in [1.165, 1.54) is 0 Å². The number of amides is 1. The van der Waals surface area contributed by atoms with E-state index in [2.05, 4.69) is 25.7 Å². The predicted molar refractivity (Wildman–Crippen MR) is 46.2 cm³/mol. The van der Waals surface area contributed by atoms with Crippen LogP contribution < -0.4 is 5.73 Å². The summed E-state index contributed by atoms with van der Waals surface area (Å²) < 4.78 is 0. The zero-order chi connectivity index (χ0) is 9.07. The molecule has 0 fully saturated rings. The van der Waals surface area contributed by atoms with E-state index in [4.69, 9.17) is 5.73 Å². The van der Waals surface area contributed by atoms with Gasteiger partial charge in [-0.25, -0.2) is 0 Å². The molecule has 0 bridgehead atoms. The van der Waals surface area contributed by atoms with Crippen LogP contribution in [-0.2, 0) is 4.79 Å². The average molecular weight is 158 g/mol. The number of hydrogen-bond donors (Lipinski definition) is 1. The molecule has 0 aliphatic carbocycles. The molecule has 1 amide bonds. The van der Waals surface area contributed by atoms with Crippen molar-refractivity contribution in [3.8, 4) is 0 Å². The molecule has 3 heteroatoms. The van der Waals surface area contributed by atoms with E-state index in [1.807, 2.05) is 7.05 Å². The fraction of sp³-hybridized carbons (Fsp3) is 0.875. The number of carbonyl (C=O) groups is 1. The highest BCUT2D eigenvalue weighted by atomic mass is 16.1. The highest BCUT2D eigenvalue weighted by Crippen LogP contribution is 2.09. The van der Waals surface area contributed by atoms with Crippen LogP contribution in [0.15, 0.2) is 0 Å². The zero-order valence-corrected chi connectivity index (χ0v) is 7.85. The van der Waals surface area contributed by atoms with Gasteiger partial charge in [0, 0.05) is 18.5 Å². The van der Waals surface area contributed by atoms with Crippen molar-refractivity contribution in [1.29, 1.82) is 0 Å². The lowest BCUT2D eigenvalue weighted by atomic mass is 10.1. The molecular weight excluding hydrogens is 140 g/mol. The highest BCUT2D eigenvalue weighted by Gasteiger charge is 2.16. The fourth-order valence-corrected chi connectivity index (χ4v) is 0.613. The lowest BCUT2D eigenvalue weighted by molar-refractivity contribution is -0.118. The van der Waals surface area contributed by atoms with Crippen molar-refractivity contribution in [3.05, 3.63) is 0 Å². The smallest absolute Gasteiger partial charge is 0.218 e. The lowest BCUT2D eigenvalue weighted by Gasteiger charge is -2.31. The van der Waals surface area contributed by atoms with Gasteiger partial charge in [0.15, 0.2) is 0 Å². The summed E-state index contributed by atoms with van der Waals surface area (Å²) in [5.74, 6) is -0.235. The molecule has 0 aliphatic heterocycles. The van der Waals surface area contributed by atoms with E-state index in [0.717, 1.165) is 6.54 Å². The second-order valence-corrected chi connectivity index (χ2v) is 3.81. The summed E-state index contributed by atoms with van der Waals surface area (Å²) in [6.45, 7) is 7.05. The standard InChI is InChI=1S/C8H18N2O/c1-8(2,3)10(4)6-5-7(9)11/h5-6H2,1-4H3,(H2,9,11). The molecule has 3 nitrogen and oxygen atoms in total. The first-order valence-electron chi connectivity index (χ1n) is 3.83. The van der Waals surface area contributed by atoms with Crippen LogP contribution in [0.5, 0.6) is 0 Å². The molecule has 2 N–H and O–H groups in total. The van der Waals surface area contributed by atoms with Crippen molar-refractivity contribution < 1.29 is 4.79 Å². The van der Waals surface area contributed by atoms with Crippen LogP contribution in [0.3, 0.4) is 0 Å². The fourth-order valence-electron chi connectivity index (χ4n) is 0.613. The Hall–Kier alpha value is -0.570. The van der Waals surface area contributed by atoms with Crippen molar-refractivity contribution in [3.63, 3.8) is 0 Å². The maximum absolute atomic E-state index is 10.4. The minimum Gasteiger partial charge on any atom is -0.370 e. The Kier molecular flexibility index (Phi) is 3.52. The predicted octanol–water partition coefficient (Wildman–Crippen LogP) is 0.592. The molecule has 0 spiro atoms. The first-order valence-corrected chi connectivity index (χ1v) is 3.83. The maximum atomic E-state index is 10.4. The van der Waals surface area contributed by atoms with Gasteiger partial charge in [0.25, 0.3) is 0 Å². The molecule has 0 radical (unpaired) electrons. The van der Waals surface area contributed by atoms with Gasteiger partial charge in [-0.3, -0.25) is 4.79 Å². The van der Waals surface area contributed by atoms with E-state index < -0.39 is 0 Å². The van der Waals surface area contributed by atoms with E-state index in [0.29, 0.717) is 6.42 Å². The molecule has 11 heavy (non-hydrogen) atoms. The molecule has 0 saturated heterocycles. The second-order valence-electron chi connectivity index (χ2n) is 3.81. The molecule has 0 rings (SSSR count). The first kappa shape index (κ1) is 10.4. The van der Waals surface area contributed by atoms with Crippen molar-refractivity contribution in [2.24, 2.45) is 5.73 Å². The molecule has 0 aliphatic rings. The molecule has 0 aromatic heterocycles. The van der Waals surface area contributed by atoms with Crippen LogP contribution in [0.4, 0.5) is 0 Å². The van der Waals surface area contributed by atoms with Crippen LogP contribution in [0.1, 0.15) is 27.2 Å². The number of primary amides is 1. The summed E-state index contributed by atoms with van der Waals surface area (Å²) in [6.07, 6.45) is 0.438. The van der Waals surface area contributed by atoms with Gasteiger partial charge < -0.3 is 10.6 Å².